The molecule has 0 bridgehead atoms. The number of aromatic nitrogens is 2. The normalized spacial score (nSPS) is 24.7. The van der Waals surface area contributed by atoms with E-state index in [1.165, 1.54) is 19.3 Å². The third-order valence-electron chi connectivity index (χ3n) is 3.70. The molecule has 5 nitrogen and oxygen atoms in total. The molecular weight excluding hydrogens is 216 g/mol. The van der Waals surface area contributed by atoms with Gasteiger partial charge in [-0.25, -0.2) is 0 Å². The van der Waals surface area contributed by atoms with Crippen molar-refractivity contribution in [2.24, 2.45) is 11.7 Å². The summed E-state index contributed by atoms with van der Waals surface area (Å²) in [6.07, 6.45) is 3.77. The first-order chi connectivity index (χ1) is 8.24. The number of nitrogens with two attached hydrogens (primary N) is 1. The lowest BCUT2D eigenvalue weighted by Crippen LogP contribution is -2.39. The summed E-state index contributed by atoms with van der Waals surface area (Å²) >= 11 is 0. The van der Waals surface area contributed by atoms with Crippen LogP contribution in [0.3, 0.4) is 0 Å². The van der Waals surface area contributed by atoms with Gasteiger partial charge in [-0.2, -0.15) is 4.98 Å². The van der Waals surface area contributed by atoms with Crippen molar-refractivity contribution in [2.45, 2.75) is 45.7 Å². The van der Waals surface area contributed by atoms with Crippen molar-refractivity contribution in [1.82, 2.24) is 15.0 Å². The predicted molar refractivity (Wildman–Crippen MR) is 65.3 cm³/mol. The van der Waals surface area contributed by atoms with E-state index in [2.05, 4.69) is 22.0 Å². The second-order valence-electron chi connectivity index (χ2n) is 4.79. The summed E-state index contributed by atoms with van der Waals surface area (Å²) in [4.78, 5) is 6.68. The Hall–Kier alpha value is -0.940. The predicted octanol–water partition coefficient (Wildman–Crippen LogP) is 1.33. The van der Waals surface area contributed by atoms with Crippen molar-refractivity contribution in [3.8, 4) is 0 Å². The quantitative estimate of drug-likeness (QED) is 0.838. The molecule has 0 amide bonds. The van der Waals surface area contributed by atoms with Crippen molar-refractivity contribution < 1.29 is 4.52 Å². The Morgan fingerprint density at radius 2 is 2.29 bits per heavy atom. The van der Waals surface area contributed by atoms with Gasteiger partial charge in [0.05, 0.1) is 6.54 Å². The number of hydrogen-bond donors (Lipinski definition) is 1. The molecule has 0 spiro atoms. The summed E-state index contributed by atoms with van der Waals surface area (Å²) in [5.41, 5.74) is 5.84. The first-order valence-corrected chi connectivity index (χ1v) is 6.48. The zero-order valence-electron chi connectivity index (χ0n) is 10.7. The maximum absolute atomic E-state index is 5.84. The molecule has 2 atom stereocenters. The molecule has 0 aromatic carbocycles. The molecule has 2 rings (SSSR count). The molecule has 5 heteroatoms. The molecule has 0 aliphatic heterocycles. The molecule has 1 aliphatic carbocycles. The van der Waals surface area contributed by atoms with E-state index in [0.717, 1.165) is 19.6 Å². The van der Waals surface area contributed by atoms with Crippen LogP contribution in [0, 0.1) is 12.8 Å². The van der Waals surface area contributed by atoms with Crippen LogP contribution in [0.4, 0.5) is 0 Å². The van der Waals surface area contributed by atoms with Gasteiger partial charge in [0.1, 0.15) is 0 Å². The van der Waals surface area contributed by atoms with Gasteiger partial charge in [-0.05, 0) is 38.8 Å². The summed E-state index contributed by atoms with van der Waals surface area (Å²) in [6.45, 7) is 6.56. The average Bonchev–Trinajstić information content (AvgIpc) is 2.94. The Morgan fingerprint density at radius 3 is 2.88 bits per heavy atom. The fourth-order valence-electron chi connectivity index (χ4n) is 2.81. The maximum atomic E-state index is 5.84. The zero-order valence-corrected chi connectivity index (χ0v) is 10.7. The summed E-state index contributed by atoms with van der Waals surface area (Å²) in [5.74, 6) is 2.05. The SMILES string of the molecule is CCN(Cc1nc(C)no1)C1CCCC1CN. The van der Waals surface area contributed by atoms with Crippen LogP contribution in [0.25, 0.3) is 0 Å². The van der Waals surface area contributed by atoms with Gasteiger partial charge in [0.2, 0.25) is 5.89 Å². The second-order valence-corrected chi connectivity index (χ2v) is 4.79. The molecule has 2 unspecified atom stereocenters. The standard InChI is InChI=1S/C12H22N4O/c1-3-16(8-12-14-9(2)15-17-12)11-6-4-5-10(11)7-13/h10-11H,3-8,13H2,1-2H3. The Balaban J connectivity index is 2.00. The molecule has 1 fully saturated rings. The molecule has 2 N–H and O–H groups in total. The highest BCUT2D eigenvalue weighted by Gasteiger charge is 2.31. The van der Waals surface area contributed by atoms with E-state index >= 15 is 0 Å². The summed E-state index contributed by atoms with van der Waals surface area (Å²) < 4.78 is 5.19. The lowest BCUT2D eigenvalue weighted by Gasteiger charge is -2.30. The minimum Gasteiger partial charge on any atom is -0.338 e. The number of nitrogens with zero attached hydrogens (tertiary/aromatic N) is 3. The third-order valence-corrected chi connectivity index (χ3v) is 3.70. The largest absolute Gasteiger partial charge is 0.338 e. The topological polar surface area (TPSA) is 68.2 Å². The summed E-state index contributed by atoms with van der Waals surface area (Å²) in [5, 5.41) is 3.83. The van der Waals surface area contributed by atoms with Crippen molar-refractivity contribution in [3.05, 3.63) is 11.7 Å². The first kappa shape index (κ1) is 12.5. The molecule has 96 valence electrons. The molecule has 1 aromatic heterocycles. The van der Waals surface area contributed by atoms with Crippen LogP contribution in [-0.2, 0) is 6.54 Å². The van der Waals surface area contributed by atoms with E-state index in [1.54, 1.807) is 0 Å². The van der Waals surface area contributed by atoms with Crippen molar-refractivity contribution in [3.63, 3.8) is 0 Å². The van der Waals surface area contributed by atoms with Crippen LogP contribution in [0.1, 0.15) is 37.9 Å². The van der Waals surface area contributed by atoms with Crippen LogP contribution in [-0.4, -0.2) is 34.2 Å². The second kappa shape index (κ2) is 5.60. The van der Waals surface area contributed by atoms with Gasteiger partial charge in [-0.15, -0.1) is 0 Å². The number of hydrogen-bond acceptors (Lipinski definition) is 5. The van der Waals surface area contributed by atoms with E-state index in [0.29, 0.717) is 23.7 Å². The lowest BCUT2D eigenvalue weighted by atomic mass is 10.0. The van der Waals surface area contributed by atoms with Crippen molar-refractivity contribution in [2.75, 3.05) is 13.1 Å². The van der Waals surface area contributed by atoms with Gasteiger partial charge in [0.25, 0.3) is 0 Å². The summed E-state index contributed by atoms with van der Waals surface area (Å²) in [7, 11) is 0. The van der Waals surface area contributed by atoms with Gasteiger partial charge in [0, 0.05) is 6.04 Å². The van der Waals surface area contributed by atoms with Crippen LogP contribution < -0.4 is 5.73 Å². The van der Waals surface area contributed by atoms with E-state index in [-0.39, 0.29) is 0 Å². The van der Waals surface area contributed by atoms with Crippen molar-refractivity contribution in [1.29, 1.82) is 0 Å². The number of rotatable bonds is 5. The fraction of sp³-hybridized carbons (Fsp3) is 0.833. The Labute approximate surface area is 102 Å². The zero-order chi connectivity index (χ0) is 12.3. The van der Waals surface area contributed by atoms with Gasteiger partial charge >= 0.3 is 0 Å². The third kappa shape index (κ3) is 2.84. The van der Waals surface area contributed by atoms with E-state index in [1.807, 2.05) is 6.92 Å². The minimum absolute atomic E-state index is 0.581. The minimum atomic E-state index is 0.581. The van der Waals surface area contributed by atoms with Gasteiger partial charge in [-0.3, -0.25) is 4.90 Å². The van der Waals surface area contributed by atoms with Gasteiger partial charge in [0.15, 0.2) is 5.82 Å². The fourth-order valence-corrected chi connectivity index (χ4v) is 2.81. The maximum Gasteiger partial charge on any atom is 0.240 e. The molecule has 1 saturated carbocycles. The molecule has 1 aromatic rings. The molecular formula is C12H22N4O. The van der Waals surface area contributed by atoms with Crippen molar-refractivity contribution >= 4 is 0 Å². The van der Waals surface area contributed by atoms with E-state index < -0.39 is 0 Å². The Kier molecular flexibility index (Phi) is 4.12. The van der Waals surface area contributed by atoms with Gasteiger partial charge < -0.3 is 10.3 Å². The van der Waals surface area contributed by atoms with E-state index in [4.69, 9.17) is 10.3 Å². The van der Waals surface area contributed by atoms with Crippen LogP contribution in [0.5, 0.6) is 0 Å². The van der Waals surface area contributed by atoms with Gasteiger partial charge in [-0.1, -0.05) is 18.5 Å². The lowest BCUT2D eigenvalue weighted by molar-refractivity contribution is 0.143. The molecule has 17 heavy (non-hydrogen) atoms. The number of aryl methyl sites for hydroxylation is 1. The summed E-state index contributed by atoms with van der Waals surface area (Å²) in [6, 6.07) is 0.581. The Bertz CT molecular complexity index is 352. The molecule has 1 aliphatic rings. The van der Waals surface area contributed by atoms with Crippen LogP contribution in [0.15, 0.2) is 4.52 Å². The molecule has 0 saturated heterocycles. The smallest absolute Gasteiger partial charge is 0.240 e. The average molecular weight is 238 g/mol. The highest BCUT2D eigenvalue weighted by Crippen LogP contribution is 2.29. The van der Waals surface area contributed by atoms with Crippen LogP contribution in [0.2, 0.25) is 0 Å². The van der Waals surface area contributed by atoms with E-state index in [9.17, 15) is 0 Å². The monoisotopic (exact) mass is 238 g/mol. The molecule has 1 heterocycles. The first-order valence-electron chi connectivity index (χ1n) is 6.48. The molecule has 0 radical (unpaired) electrons. The highest BCUT2D eigenvalue weighted by atomic mass is 16.5. The van der Waals surface area contributed by atoms with Crippen LogP contribution >= 0.6 is 0 Å². The highest BCUT2D eigenvalue weighted by molar-refractivity contribution is 4.89. The Morgan fingerprint density at radius 1 is 1.47 bits per heavy atom.